The maximum atomic E-state index is 11.4. The molecule has 1 fully saturated rings. The van der Waals surface area contributed by atoms with Crippen LogP contribution in [0.2, 0.25) is 0 Å². The molecular formula is C14H24O5. The van der Waals surface area contributed by atoms with Crippen molar-refractivity contribution in [2.24, 2.45) is 0 Å². The molecule has 0 aromatic heterocycles. The minimum absolute atomic E-state index is 0.187. The number of unbranched alkanes of at least 4 members (excludes halogenated alkanes) is 2. The molecular weight excluding hydrogens is 248 g/mol. The quantitative estimate of drug-likeness (QED) is 0.569. The van der Waals surface area contributed by atoms with Gasteiger partial charge >= 0.3 is 6.16 Å². The number of hydrogen-bond donors (Lipinski definition) is 1. The second-order valence-corrected chi connectivity index (χ2v) is 5.12. The van der Waals surface area contributed by atoms with Gasteiger partial charge in [0.1, 0.15) is 11.9 Å². The first-order chi connectivity index (χ1) is 9.09. The lowest BCUT2D eigenvalue weighted by atomic mass is 9.95. The van der Waals surface area contributed by atoms with E-state index in [-0.39, 0.29) is 5.78 Å². The summed E-state index contributed by atoms with van der Waals surface area (Å²) >= 11 is 0. The maximum absolute atomic E-state index is 11.4. The highest BCUT2D eigenvalue weighted by Crippen LogP contribution is 2.21. The monoisotopic (exact) mass is 272 g/mol. The Morgan fingerprint density at radius 2 is 1.89 bits per heavy atom. The number of carbonyl (C=O) groups is 2. The number of ether oxygens (including phenoxy) is 2. The van der Waals surface area contributed by atoms with E-state index in [2.05, 4.69) is 0 Å². The lowest BCUT2D eigenvalue weighted by Gasteiger charge is -2.26. The summed E-state index contributed by atoms with van der Waals surface area (Å²) < 4.78 is 10.0. The van der Waals surface area contributed by atoms with Crippen molar-refractivity contribution >= 4 is 11.9 Å². The minimum atomic E-state index is -0.697. The van der Waals surface area contributed by atoms with E-state index in [4.69, 9.17) is 9.47 Å². The normalized spacial score (nSPS) is 22.8. The number of hydrogen-bond acceptors (Lipinski definition) is 5. The smallest absolute Gasteiger partial charge is 0.434 e. The minimum Gasteiger partial charge on any atom is -0.434 e. The third-order valence-corrected chi connectivity index (χ3v) is 3.31. The van der Waals surface area contributed by atoms with Gasteiger partial charge in [-0.3, -0.25) is 0 Å². The van der Waals surface area contributed by atoms with Gasteiger partial charge in [-0.05, 0) is 45.4 Å². The first kappa shape index (κ1) is 16.0. The molecule has 0 aliphatic heterocycles. The van der Waals surface area contributed by atoms with Gasteiger partial charge < -0.3 is 19.4 Å². The largest absolute Gasteiger partial charge is 0.508 e. The predicted octanol–water partition coefficient (Wildman–Crippen LogP) is 2.59. The third-order valence-electron chi connectivity index (χ3n) is 3.31. The summed E-state index contributed by atoms with van der Waals surface area (Å²) in [5.41, 5.74) is 0. The zero-order valence-corrected chi connectivity index (χ0v) is 11.6. The van der Waals surface area contributed by atoms with E-state index in [1.807, 2.05) is 0 Å². The number of Topliss-reactive ketones (excluding diaryl/α,β-unsaturated/α-hetero) is 1. The van der Waals surface area contributed by atoms with E-state index in [0.717, 1.165) is 32.1 Å². The van der Waals surface area contributed by atoms with E-state index >= 15 is 0 Å². The van der Waals surface area contributed by atoms with E-state index in [1.54, 1.807) is 6.92 Å². The summed E-state index contributed by atoms with van der Waals surface area (Å²) in [5.74, 6) is 0.187. The molecule has 2 unspecified atom stereocenters. The highest BCUT2D eigenvalue weighted by Gasteiger charge is 2.26. The maximum Gasteiger partial charge on any atom is 0.508 e. The van der Waals surface area contributed by atoms with Gasteiger partial charge in [-0.25, -0.2) is 4.79 Å². The molecule has 110 valence electrons. The van der Waals surface area contributed by atoms with Crippen molar-refractivity contribution in [3.05, 3.63) is 0 Å². The molecule has 1 aliphatic rings. The van der Waals surface area contributed by atoms with Crippen LogP contribution in [0.25, 0.3) is 0 Å². The zero-order chi connectivity index (χ0) is 14.1. The van der Waals surface area contributed by atoms with Crippen LogP contribution >= 0.6 is 0 Å². The van der Waals surface area contributed by atoms with E-state index < -0.39 is 18.4 Å². The van der Waals surface area contributed by atoms with Crippen LogP contribution < -0.4 is 0 Å². The average Bonchev–Trinajstić information content (AvgIpc) is 2.36. The summed E-state index contributed by atoms with van der Waals surface area (Å²) in [7, 11) is 0. The summed E-state index contributed by atoms with van der Waals surface area (Å²) in [5, 5.41) is 9.65. The standard InChI is InChI=1S/C14H24O5/c1-11(15)7-3-2-6-10-18-14(17)19-13-9-5-4-8-12(13)16/h12-13,16H,2-10H2,1H3. The Morgan fingerprint density at radius 1 is 1.16 bits per heavy atom. The molecule has 0 bridgehead atoms. The molecule has 5 nitrogen and oxygen atoms in total. The number of aliphatic hydroxyl groups excluding tert-OH is 1. The Kier molecular flexibility index (Phi) is 7.48. The number of aliphatic hydroxyl groups is 1. The summed E-state index contributed by atoms with van der Waals surface area (Å²) in [6.45, 7) is 1.88. The van der Waals surface area contributed by atoms with Gasteiger partial charge in [-0.1, -0.05) is 6.42 Å². The van der Waals surface area contributed by atoms with Crippen molar-refractivity contribution in [2.45, 2.75) is 70.5 Å². The molecule has 0 amide bonds. The van der Waals surface area contributed by atoms with E-state index in [1.165, 1.54) is 0 Å². The molecule has 19 heavy (non-hydrogen) atoms. The lowest BCUT2D eigenvalue weighted by Crippen LogP contribution is -2.34. The van der Waals surface area contributed by atoms with Gasteiger partial charge in [0.15, 0.2) is 0 Å². The fourth-order valence-corrected chi connectivity index (χ4v) is 2.18. The topological polar surface area (TPSA) is 72.8 Å². The molecule has 5 heteroatoms. The van der Waals surface area contributed by atoms with Crippen LogP contribution in [-0.2, 0) is 14.3 Å². The van der Waals surface area contributed by atoms with Crippen LogP contribution in [0.1, 0.15) is 58.3 Å². The van der Waals surface area contributed by atoms with Crippen LogP contribution in [-0.4, -0.2) is 35.9 Å². The molecule has 1 rings (SSSR count). The highest BCUT2D eigenvalue weighted by atomic mass is 16.7. The van der Waals surface area contributed by atoms with Crippen LogP contribution in [0.5, 0.6) is 0 Å². The molecule has 0 aromatic rings. The van der Waals surface area contributed by atoms with Crippen molar-refractivity contribution in [2.75, 3.05) is 6.61 Å². The van der Waals surface area contributed by atoms with Crippen molar-refractivity contribution in [1.82, 2.24) is 0 Å². The second kappa shape index (κ2) is 8.91. The molecule has 0 aromatic carbocycles. The van der Waals surface area contributed by atoms with Gasteiger partial charge in [-0.15, -0.1) is 0 Å². The molecule has 1 saturated carbocycles. The Balaban J connectivity index is 2.02. The molecule has 0 saturated heterocycles. The highest BCUT2D eigenvalue weighted by molar-refractivity contribution is 5.75. The summed E-state index contributed by atoms with van der Waals surface area (Å²) in [6.07, 6.45) is 4.67. The van der Waals surface area contributed by atoms with Crippen molar-refractivity contribution in [3.8, 4) is 0 Å². The third kappa shape index (κ3) is 7.15. The molecule has 2 atom stereocenters. The summed E-state index contributed by atoms with van der Waals surface area (Å²) in [6, 6.07) is 0. The second-order valence-electron chi connectivity index (χ2n) is 5.12. The van der Waals surface area contributed by atoms with Gasteiger partial charge in [0, 0.05) is 6.42 Å². The van der Waals surface area contributed by atoms with Crippen LogP contribution in [0.4, 0.5) is 4.79 Å². The number of carbonyl (C=O) groups excluding carboxylic acids is 2. The Hall–Kier alpha value is -1.10. The predicted molar refractivity (Wildman–Crippen MR) is 69.8 cm³/mol. The summed E-state index contributed by atoms with van der Waals surface area (Å²) in [4.78, 5) is 22.1. The van der Waals surface area contributed by atoms with Crippen molar-refractivity contribution < 1.29 is 24.2 Å². The molecule has 0 heterocycles. The van der Waals surface area contributed by atoms with E-state index in [9.17, 15) is 14.7 Å². The fourth-order valence-electron chi connectivity index (χ4n) is 2.18. The van der Waals surface area contributed by atoms with Crippen molar-refractivity contribution in [3.63, 3.8) is 0 Å². The Bertz CT molecular complexity index is 290. The van der Waals surface area contributed by atoms with Gasteiger partial charge in [-0.2, -0.15) is 0 Å². The number of rotatable bonds is 7. The Labute approximate surface area is 114 Å². The molecule has 0 spiro atoms. The van der Waals surface area contributed by atoms with Gasteiger partial charge in [0.05, 0.1) is 12.7 Å². The average molecular weight is 272 g/mol. The van der Waals surface area contributed by atoms with Crippen molar-refractivity contribution in [1.29, 1.82) is 0 Å². The zero-order valence-electron chi connectivity index (χ0n) is 11.6. The lowest BCUT2D eigenvalue weighted by molar-refractivity contribution is -0.117. The Morgan fingerprint density at radius 3 is 2.58 bits per heavy atom. The SMILES string of the molecule is CC(=O)CCCCCOC(=O)OC1CCCCC1O. The number of ketones is 1. The molecule has 1 aliphatic carbocycles. The fraction of sp³-hybridized carbons (Fsp3) is 0.857. The first-order valence-corrected chi connectivity index (χ1v) is 7.10. The first-order valence-electron chi connectivity index (χ1n) is 7.10. The van der Waals surface area contributed by atoms with Gasteiger partial charge in [0.2, 0.25) is 0 Å². The van der Waals surface area contributed by atoms with Gasteiger partial charge in [0.25, 0.3) is 0 Å². The van der Waals surface area contributed by atoms with E-state index in [0.29, 0.717) is 25.9 Å². The molecule has 1 N–H and O–H groups in total. The van der Waals surface area contributed by atoms with Crippen LogP contribution in [0.3, 0.4) is 0 Å². The molecule has 0 radical (unpaired) electrons. The van der Waals surface area contributed by atoms with Crippen LogP contribution in [0, 0.1) is 0 Å². The van der Waals surface area contributed by atoms with Crippen LogP contribution in [0.15, 0.2) is 0 Å².